The molecule has 0 amide bonds. The number of furan rings is 1. The summed E-state index contributed by atoms with van der Waals surface area (Å²) in [5.41, 5.74) is 2.59. The molecule has 0 bridgehead atoms. The Balaban J connectivity index is 0.000000313. The molecule has 0 fully saturated rings. The minimum absolute atomic E-state index is 0.597. The molecule has 2 N–H and O–H groups in total. The van der Waals surface area contributed by atoms with E-state index in [1.165, 1.54) is 28.2 Å². The first-order valence-corrected chi connectivity index (χ1v) is 10.0. The van der Waals surface area contributed by atoms with Crippen molar-refractivity contribution < 1.29 is 4.42 Å². The fourth-order valence-electron chi connectivity index (χ4n) is 2.36. The molecule has 0 spiro atoms. The Bertz CT molecular complexity index is 629. The summed E-state index contributed by atoms with van der Waals surface area (Å²) in [7, 11) is 6.23. The summed E-state index contributed by atoms with van der Waals surface area (Å²) in [6, 6.07) is 10.1. The highest BCUT2D eigenvalue weighted by molar-refractivity contribution is 7.99. The van der Waals surface area contributed by atoms with E-state index in [9.17, 15) is 0 Å². The van der Waals surface area contributed by atoms with Gasteiger partial charge in [0, 0.05) is 43.0 Å². The Labute approximate surface area is 162 Å². The number of likely N-dealkylation sites (N-methyl/N-ethyl adjacent to an activating group) is 1. The summed E-state index contributed by atoms with van der Waals surface area (Å²) in [5.74, 6) is 1.79. The fourth-order valence-corrected chi connectivity index (χ4v) is 3.45. The number of benzene rings is 1. The molecule has 1 aliphatic heterocycles. The molecule has 3 rings (SSSR count). The van der Waals surface area contributed by atoms with Gasteiger partial charge in [-0.2, -0.15) is 0 Å². The Morgan fingerprint density at radius 2 is 2.08 bits per heavy atom. The van der Waals surface area contributed by atoms with Crippen LogP contribution >= 0.6 is 11.8 Å². The zero-order valence-corrected chi connectivity index (χ0v) is 17.4. The second-order valence-corrected chi connectivity index (χ2v) is 6.87. The minimum Gasteiger partial charge on any atom is -0.463 e. The van der Waals surface area contributed by atoms with Crippen LogP contribution in [-0.2, 0) is 0 Å². The molecule has 2 aromatic rings. The van der Waals surface area contributed by atoms with Crippen molar-refractivity contribution in [2.45, 2.75) is 18.7 Å². The molecule has 0 saturated carbocycles. The van der Waals surface area contributed by atoms with E-state index in [2.05, 4.69) is 47.4 Å². The van der Waals surface area contributed by atoms with Crippen LogP contribution < -0.4 is 10.2 Å². The van der Waals surface area contributed by atoms with E-state index >= 15 is 0 Å². The number of thioether (sulfide) groups is 1. The molecule has 0 saturated heterocycles. The number of hydrogen-bond acceptors (Lipinski definition) is 6. The lowest BCUT2D eigenvalue weighted by Crippen LogP contribution is -2.35. The van der Waals surface area contributed by atoms with E-state index in [-0.39, 0.29) is 0 Å². The van der Waals surface area contributed by atoms with Crippen LogP contribution in [0.15, 0.2) is 45.9 Å². The van der Waals surface area contributed by atoms with Gasteiger partial charge in [-0.1, -0.05) is 13.8 Å². The van der Waals surface area contributed by atoms with E-state index in [1.54, 1.807) is 18.4 Å². The van der Waals surface area contributed by atoms with Crippen LogP contribution in [0.3, 0.4) is 0 Å². The van der Waals surface area contributed by atoms with Gasteiger partial charge in [0.05, 0.1) is 18.2 Å². The van der Waals surface area contributed by atoms with E-state index in [0.29, 0.717) is 5.76 Å². The Morgan fingerprint density at radius 1 is 1.31 bits per heavy atom. The van der Waals surface area contributed by atoms with Crippen molar-refractivity contribution in [1.29, 1.82) is 5.41 Å². The third-order valence-electron chi connectivity index (χ3n) is 3.71. The van der Waals surface area contributed by atoms with Crippen molar-refractivity contribution in [1.82, 2.24) is 4.90 Å². The third kappa shape index (κ3) is 7.14. The van der Waals surface area contributed by atoms with Crippen LogP contribution in [0.4, 0.5) is 11.4 Å². The minimum atomic E-state index is 0.597. The first-order chi connectivity index (χ1) is 12.6. The second-order valence-electron chi connectivity index (χ2n) is 5.73. The summed E-state index contributed by atoms with van der Waals surface area (Å²) >= 11 is 1.96. The largest absolute Gasteiger partial charge is 0.463 e. The maximum atomic E-state index is 6.64. The maximum absolute atomic E-state index is 6.64. The Morgan fingerprint density at radius 3 is 2.62 bits per heavy atom. The van der Waals surface area contributed by atoms with Crippen molar-refractivity contribution in [3.05, 3.63) is 42.4 Å². The van der Waals surface area contributed by atoms with Crippen molar-refractivity contribution in [3.8, 4) is 0 Å². The van der Waals surface area contributed by atoms with E-state index in [4.69, 9.17) is 9.83 Å². The Hall–Kier alpha value is -1.92. The first-order valence-electron chi connectivity index (χ1n) is 9.02. The molecule has 1 aromatic carbocycles. The SMILES string of the molecule is CC.CNc1ccc2c(c1)SCCN2CCN(C)C.N=Cc1ccco1. The number of nitrogens with zero attached hydrogens (tertiary/aromatic N) is 2. The van der Waals surface area contributed by atoms with Gasteiger partial charge < -0.3 is 24.9 Å². The van der Waals surface area contributed by atoms with Crippen LogP contribution in [0.2, 0.25) is 0 Å². The van der Waals surface area contributed by atoms with Gasteiger partial charge >= 0.3 is 0 Å². The van der Waals surface area contributed by atoms with E-state index < -0.39 is 0 Å². The van der Waals surface area contributed by atoms with E-state index in [0.717, 1.165) is 19.6 Å². The van der Waals surface area contributed by atoms with Gasteiger partial charge in [0.25, 0.3) is 0 Å². The van der Waals surface area contributed by atoms with Gasteiger partial charge in [0.2, 0.25) is 0 Å². The normalized spacial score (nSPS) is 12.3. The van der Waals surface area contributed by atoms with Crippen LogP contribution in [0, 0.1) is 5.41 Å². The second kappa shape index (κ2) is 12.4. The quantitative estimate of drug-likeness (QED) is 0.752. The highest BCUT2D eigenvalue weighted by Gasteiger charge is 2.17. The zero-order chi connectivity index (χ0) is 19.4. The van der Waals surface area contributed by atoms with Crippen LogP contribution in [-0.4, -0.2) is 57.6 Å². The third-order valence-corrected chi connectivity index (χ3v) is 4.74. The standard InChI is InChI=1S/C13H21N3S.C5H5NO.C2H6/c1-14-11-4-5-12-13(10-11)17-9-8-16(12)7-6-15(2)3;6-4-5-2-1-3-7-5;1-2/h4-5,10,14H,6-9H2,1-3H3;1-4,6H;1-2H3. The molecule has 0 unspecified atom stereocenters. The van der Waals surface area contributed by atoms with Gasteiger partial charge in [-0.3, -0.25) is 0 Å². The number of rotatable bonds is 5. The first kappa shape index (κ1) is 22.1. The molecule has 5 nitrogen and oxygen atoms in total. The van der Waals surface area contributed by atoms with Crippen molar-refractivity contribution in [3.63, 3.8) is 0 Å². The maximum Gasteiger partial charge on any atom is 0.144 e. The average Bonchev–Trinajstić information content (AvgIpc) is 3.21. The lowest BCUT2D eigenvalue weighted by molar-refractivity contribution is 0.413. The van der Waals surface area contributed by atoms with Crippen molar-refractivity contribution >= 4 is 29.4 Å². The molecule has 0 aliphatic carbocycles. The number of fused-ring (bicyclic) bond motifs is 1. The summed E-state index contributed by atoms with van der Waals surface area (Å²) in [6.45, 7) is 7.38. The van der Waals surface area contributed by atoms with Crippen LogP contribution in [0.1, 0.15) is 19.6 Å². The molecule has 144 valence electrons. The predicted octanol–water partition coefficient (Wildman–Crippen LogP) is 4.51. The molecular formula is C20H32N4OS. The predicted molar refractivity (Wildman–Crippen MR) is 115 cm³/mol. The molecule has 0 radical (unpaired) electrons. The summed E-state index contributed by atoms with van der Waals surface area (Å²) in [4.78, 5) is 6.14. The van der Waals surface area contributed by atoms with Gasteiger partial charge in [-0.05, 0) is 44.4 Å². The fraction of sp³-hybridized carbons (Fsp3) is 0.450. The summed E-state index contributed by atoms with van der Waals surface area (Å²) in [6.07, 6.45) is 2.71. The van der Waals surface area contributed by atoms with E-state index in [1.807, 2.05) is 32.7 Å². The molecule has 1 aromatic heterocycles. The van der Waals surface area contributed by atoms with Crippen LogP contribution in [0.5, 0.6) is 0 Å². The highest BCUT2D eigenvalue weighted by Crippen LogP contribution is 2.36. The molecule has 1 aliphatic rings. The topological polar surface area (TPSA) is 55.5 Å². The number of anilines is 2. The smallest absolute Gasteiger partial charge is 0.144 e. The average molecular weight is 377 g/mol. The van der Waals surface area contributed by atoms with Crippen molar-refractivity contribution in [2.75, 3.05) is 56.7 Å². The molecule has 0 atom stereocenters. The van der Waals surface area contributed by atoms with Crippen molar-refractivity contribution in [2.24, 2.45) is 0 Å². The lowest BCUT2D eigenvalue weighted by atomic mass is 10.2. The molecule has 6 heteroatoms. The van der Waals surface area contributed by atoms with Gasteiger partial charge in [0.1, 0.15) is 5.76 Å². The van der Waals surface area contributed by atoms with Crippen LogP contribution in [0.25, 0.3) is 0 Å². The lowest BCUT2D eigenvalue weighted by Gasteiger charge is -2.32. The zero-order valence-electron chi connectivity index (χ0n) is 16.6. The monoisotopic (exact) mass is 376 g/mol. The van der Waals surface area contributed by atoms with Gasteiger partial charge in [0.15, 0.2) is 0 Å². The highest BCUT2D eigenvalue weighted by atomic mass is 32.2. The molecular weight excluding hydrogens is 344 g/mol. The number of nitrogens with one attached hydrogen (secondary N) is 2. The molecule has 2 heterocycles. The summed E-state index contributed by atoms with van der Waals surface area (Å²) in [5, 5.41) is 9.84. The van der Waals surface area contributed by atoms with Gasteiger partial charge in [-0.15, -0.1) is 11.8 Å². The summed E-state index contributed by atoms with van der Waals surface area (Å²) < 4.78 is 4.74. The number of hydrogen-bond donors (Lipinski definition) is 2. The van der Waals surface area contributed by atoms with Gasteiger partial charge in [-0.25, -0.2) is 0 Å². The molecule has 26 heavy (non-hydrogen) atoms. The Kier molecular flexibility index (Phi) is 10.6.